The summed E-state index contributed by atoms with van der Waals surface area (Å²) in [7, 11) is 2.04. The molecule has 0 bridgehead atoms. The average Bonchev–Trinajstić information content (AvgIpc) is 2.80. The van der Waals surface area contributed by atoms with Crippen LogP contribution in [0.1, 0.15) is 17.3 Å². The van der Waals surface area contributed by atoms with Gasteiger partial charge in [-0.05, 0) is 47.5 Å². The van der Waals surface area contributed by atoms with Crippen molar-refractivity contribution in [2.24, 2.45) is 5.92 Å². The Kier molecular flexibility index (Phi) is 3.81. The van der Waals surface area contributed by atoms with Gasteiger partial charge in [0.05, 0.1) is 6.61 Å². The summed E-state index contributed by atoms with van der Waals surface area (Å²) in [5.41, 5.74) is 0. The Morgan fingerprint density at radius 3 is 3.07 bits per heavy atom. The van der Waals surface area contributed by atoms with E-state index >= 15 is 0 Å². The van der Waals surface area contributed by atoms with Crippen molar-refractivity contribution in [2.45, 2.75) is 12.5 Å². The number of halogens is 1. The molecule has 0 saturated carbocycles. The van der Waals surface area contributed by atoms with Crippen LogP contribution >= 0.6 is 33.9 Å². The summed E-state index contributed by atoms with van der Waals surface area (Å²) in [6.45, 7) is 1.82. The van der Waals surface area contributed by atoms with Crippen LogP contribution in [-0.2, 0) is 4.74 Å². The highest BCUT2D eigenvalue weighted by molar-refractivity contribution is 14.1. The van der Waals surface area contributed by atoms with Gasteiger partial charge in [-0.15, -0.1) is 11.3 Å². The molecule has 2 atom stereocenters. The fourth-order valence-corrected chi connectivity index (χ4v) is 4.05. The fraction of sp³-hybridized carbons (Fsp3) is 0.600. The van der Waals surface area contributed by atoms with Crippen LogP contribution in [-0.4, -0.2) is 20.3 Å². The highest BCUT2D eigenvalue weighted by Crippen LogP contribution is 2.34. The van der Waals surface area contributed by atoms with E-state index < -0.39 is 0 Å². The second kappa shape index (κ2) is 4.92. The Morgan fingerprint density at radius 1 is 1.71 bits per heavy atom. The molecule has 0 spiro atoms. The second-order valence-corrected chi connectivity index (χ2v) is 5.63. The van der Waals surface area contributed by atoms with Crippen molar-refractivity contribution in [1.82, 2.24) is 5.32 Å². The molecule has 1 saturated heterocycles. The maximum atomic E-state index is 5.44. The van der Waals surface area contributed by atoms with E-state index in [9.17, 15) is 0 Å². The first-order valence-corrected chi connectivity index (χ1v) is 6.76. The van der Waals surface area contributed by atoms with E-state index in [2.05, 4.69) is 39.4 Å². The molecule has 0 aromatic carbocycles. The maximum Gasteiger partial charge on any atom is 0.0513 e. The molecule has 1 aromatic heterocycles. The zero-order valence-electron chi connectivity index (χ0n) is 8.13. The highest BCUT2D eigenvalue weighted by Gasteiger charge is 2.27. The molecule has 0 radical (unpaired) electrons. The Balaban J connectivity index is 2.16. The molecule has 1 N–H and O–H groups in total. The van der Waals surface area contributed by atoms with Crippen LogP contribution in [0.3, 0.4) is 0 Å². The number of nitrogens with one attached hydrogen (secondary N) is 1. The maximum absolute atomic E-state index is 5.44. The minimum absolute atomic E-state index is 0.476. The molecule has 0 aliphatic carbocycles. The topological polar surface area (TPSA) is 21.3 Å². The summed E-state index contributed by atoms with van der Waals surface area (Å²) in [4.78, 5) is 1.46. The van der Waals surface area contributed by atoms with Crippen molar-refractivity contribution in [2.75, 3.05) is 20.3 Å². The first-order chi connectivity index (χ1) is 6.83. The van der Waals surface area contributed by atoms with Gasteiger partial charge in [-0.3, -0.25) is 0 Å². The molecule has 4 heteroatoms. The molecule has 1 aliphatic heterocycles. The van der Waals surface area contributed by atoms with Crippen LogP contribution in [0.2, 0.25) is 0 Å². The van der Waals surface area contributed by atoms with Crippen molar-refractivity contribution >= 4 is 33.9 Å². The third-order valence-electron chi connectivity index (χ3n) is 2.67. The lowest BCUT2D eigenvalue weighted by Gasteiger charge is -2.21. The molecule has 1 aliphatic rings. The smallest absolute Gasteiger partial charge is 0.0513 e. The molecular weight excluding hydrogens is 309 g/mol. The number of ether oxygens (including phenoxy) is 1. The monoisotopic (exact) mass is 323 g/mol. The van der Waals surface area contributed by atoms with Gasteiger partial charge < -0.3 is 10.1 Å². The third kappa shape index (κ3) is 2.13. The first kappa shape index (κ1) is 10.9. The third-order valence-corrected chi connectivity index (χ3v) is 4.98. The molecular formula is C10H14INOS. The standard InChI is InChI=1S/C10H14INOS/c1-12-9(7-2-4-13-6-7)10-8(11)3-5-14-10/h3,5,7,9,12H,2,4,6H2,1H3. The van der Waals surface area contributed by atoms with E-state index in [1.54, 1.807) is 0 Å². The van der Waals surface area contributed by atoms with Crippen LogP contribution in [0.15, 0.2) is 11.4 Å². The number of hydrogen-bond donors (Lipinski definition) is 1. The summed E-state index contributed by atoms with van der Waals surface area (Å²) < 4.78 is 6.81. The van der Waals surface area contributed by atoms with Crippen LogP contribution in [0.25, 0.3) is 0 Å². The lowest BCUT2D eigenvalue weighted by atomic mass is 9.98. The van der Waals surface area contributed by atoms with Crippen LogP contribution < -0.4 is 5.32 Å². The number of thiophene rings is 1. The van der Waals surface area contributed by atoms with Crippen molar-refractivity contribution in [1.29, 1.82) is 0 Å². The minimum atomic E-state index is 0.476. The summed E-state index contributed by atoms with van der Waals surface area (Å²) in [5, 5.41) is 5.58. The molecule has 1 fully saturated rings. The predicted octanol–water partition coefficient (Wildman–Crippen LogP) is 2.65. The second-order valence-electron chi connectivity index (χ2n) is 3.52. The molecule has 2 nitrogen and oxygen atoms in total. The molecule has 1 aromatic rings. The van der Waals surface area contributed by atoms with Gasteiger partial charge in [-0.1, -0.05) is 0 Å². The summed E-state index contributed by atoms with van der Waals surface area (Å²) >= 11 is 4.25. The zero-order chi connectivity index (χ0) is 9.97. The van der Waals surface area contributed by atoms with Crippen molar-refractivity contribution in [3.8, 4) is 0 Å². The zero-order valence-corrected chi connectivity index (χ0v) is 11.1. The van der Waals surface area contributed by atoms with Crippen LogP contribution in [0.4, 0.5) is 0 Å². The minimum Gasteiger partial charge on any atom is -0.381 e. The normalized spacial score (nSPS) is 24.0. The number of hydrogen-bond acceptors (Lipinski definition) is 3. The van der Waals surface area contributed by atoms with Crippen LogP contribution in [0.5, 0.6) is 0 Å². The van der Waals surface area contributed by atoms with Gasteiger partial charge >= 0.3 is 0 Å². The van der Waals surface area contributed by atoms with Gasteiger partial charge in [0.1, 0.15) is 0 Å². The van der Waals surface area contributed by atoms with Crippen molar-refractivity contribution in [3.05, 3.63) is 19.9 Å². The average molecular weight is 323 g/mol. The lowest BCUT2D eigenvalue weighted by Crippen LogP contribution is -2.25. The SMILES string of the molecule is CNC(c1sccc1I)C1CCOC1. The highest BCUT2D eigenvalue weighted by atomic mass is 127. The van der Waals surface area contributed by atoms with E-state index in [4.69, 9.17) is 4.74 Å². The van der Waals surface area contributed by atoms with Crippen molar-refractivity contribution in [3.63, 3.8) is 0 Å². The van der Waals surface area contributed by atoms with Crippen molar-refractivity contribution < 1.29 is 4.74 Å². The molecule has 78 valence electrons. The van der Waals surface area contributed by atoms with E-state index in [0.29, 0.717) is 12.0 Å². The van der Waals surface area contributed by atoms with Gasteiger partial charge in [-0.2, -0.15) is 0 Å². The van der Waals surface area contributed by atoms with Gasteiger partial charge in [-0.25, -0.2) is 0 Å². The fourth-order valence-electron chi connectivity index (χ4n) is 1.92. The summed E-state index contributed by atoms with van der Waals surface area (Å²) in [6, 6.07) is 2.66. The largest absolute Gasteiger partial charge is 0.381 e. The Morgan fingerprint density at radius 2 is 2.57 bits per heavy atom. The Bertz CT molecular complexity index is 296. The van der Waals surface area contributed by atoms with Crippen LogP contribution in [0, 0.1) is 9.49 Å². The quantitative estimate of drug-likeness (QED) is 0.864. The van der Waals surface area contributed by atoms with E-state index in [1.165, 1.54) is 14.9 Å². The summed E-state index contributed by atoms with van der Waals surface area (Å²) in [6.07, 6.45) is 1.18. The Hall–Kier alpha value is 0.350. The van der Waals surface area contributed by atoms with Gasteiger partial charge in [0.25, 0.3) is 0 Å². The van der Waals surface area contributed by atoms with E-state index in [0.717, 1.165) is 13.2 Å². The molecule has 2 unspecified atom stereocenters. The molecule has 2 heterocycles. The molecule has 0 amide bonds. The van der Waals surface area contributed by atoms with Gasteiger partial charge in [0.15, 0.2) is 0 Å². The van der Waals surface area contributed by atoms with Gasteiger partial charge in [0, 0.05) is 27.0 Å². The predicted molar refractivity (Wildman–Crippen MR) is 67.8 cm³/mol. The summed E-state index contributed by atoms with van der Waals surface area (Å²) in [5.74, 6) is 0.646. The Labute approximate surface area is 102 Å². The van der Waals surface area contributed by atoms with E-state index in [-0.39, 0.29) is 0 Å². The molecule has 2 rings (SSSR count). The lowest BCUT2D eigenvalue weighted by molar-refractivity contribution is 0.178. The van der Waals surface area contributed by atoms with Gasteiger partial charge in [0.2, 0.25) is 0 Å². The number of rotatable bonds is 3. The molecule has 14 heavy (non-hydrogen) atoms. The first-order valence-electron chi connectivity index (χ1n) is 4.81. The van der Waals surface area contributed by atoms with E-state index in [1.807, 2.05) is 18.4 Å².